The van der Waals surface area contributed by atoms with Crippen LogP contribution in [0.1, 0.15) is 26.3 Å². The lowest BCUT2D eigenvalue weighted by Crippen LogP contribution is -2.44. The monoisotopic (exact) mass is 537 g/mol. The van der Waals surface area contributed by atoms with Crippen molar-refractivity contribution in [3.63, 3.8) is 0 Å². The lowest BCUT2D eigenvalue weighted by Gasteiger charge is -2.31. The molecule has 0 saturated carbocycles. The summed E-state index contributed by atoms with van der Waals surface area (Å²) in [5.41, 5.74) is 1.50. The Morgan fingerprint density at radius 3 is 1.84 bits per heavy atom. The Hall–Kier alpha value is -3.97. The Kier molecular flexibility index (Phi) is 7.97. The van der Waals surface area contributed by atoms with Crippen LogP contribution in [0.4, 0.5) is 16.2 Å². The summed E-state index contributed by atoms with van der Waals surface area (Å²) >= 11 is 0. The second-order valence-electron chi connectivity index (χ2n) is 9.88. The Balaban J connectivity index is 1.53. The maximum Gasteiger partial charge on any atom is 0.449 e. The van der Waals surface area contributed by atoms with Crippen molar-refractivity contribution in [1.29, 1.82) is 0 Å². The van der Waals surface area contributed by atoms with Crippen LogP contribution in [0.2, 0.25) is 0 Å². The van der Waals surface area contributed by atoms with Crippen molar-refractivity contribution >= 4 is 31.1 Å². The number of ether oxygens (including phenoxy) is 1. The highest BCUT2D eigenvalue weighted by atomic mass is 31.2. The van der Waals surface area contributed by atoms with Gasteiger partial charge in [0.2, 0.25) is 0 Å². The van der Waals surface area contributed by atoms with Crippen LogP contribution in [0.25, 0.3) is 0 Å². The van der Waals surface area contributed by atoms with Gasteiger partial charge in [0, 0.05) is 30.9 Å². The molecule has 200 valence electrons. The van der Waals surface area contributed by atoms with E-state index in [2.05, 4.69) is 5.32 Å². The van der Waals surface area contributed by atoms with Crippen molar-refractivity contribution in [1.82, 2.24) is 5.32 Å². The van der Waals surface area contributed by atoms with Crippen LogP contribution in [0.15, 0.2) is 84.9 Å². The highest BCUT2D eigenvalue weighted by Crippen LogP contribution is 2.60. The van der Waals surface area contributed by atoms with Crippen LogP contribution in [-0.4, -0.2) is 41.9 Å². The summed E-state index contributed by atoms with van der Waals surface area (Å²) in [5, 5.41) is 12.0. The first-order chi connectivity index (χ1) is 18.0. The highest BCUT2D eigenvalue weighted by molar-refractivity contribution is 7.63. The number of anilines is 2. The maximum atomic E-state index is 14.5. The van der Waals surface area contributed by atoms with E-state index in [4.69, 9.17) is 9.26 Å². The van der Waals surface area contributed by atoms with E-state index in [1.54, 1.807) is 54.4 Å². The number of aliphatic carboxylic acids is 1. The van der Waals surface area contributed by atoms with Crippen LogP contribution in [-0.2, 0) is 20.5 Å². The summed E-state index contributed by atoms with van der Waals surface area (Å²) < 4.78 is 29.5. The van der Waals surface area contributed by atoms with Gasteiger partial charge in [-0.15, -0.1) is 0 Å². The molecule has 0 bridgehead atoms. The van der Waals surface area contributed by atoms with Gasteiger partial charge in [-0.25, -0.2) is 14.2 Å². The number of nitrogens with zero attached hydrogens (tertiary/aromatic N) is 2. The molecule has 4 rings (SSSR count). The molecule has 9 nitrogen and oxygen atoms in total. The number of nitrogens with one attached hydrogen (secondary N) is 1. The quantitative estimate of drug-likeness (QED) is 0.351. The third-order valence-corrected chi connectivity index (χ3v) is 8.35. The minimum Gasteiger partial charge on any atom is -0.480 e. The largest absolute Gasteiger partial charge is 0.480 e. The Morgan fingerprint density at radius 1 is 0.895 bits per heavy atom. The molecule has 1 aliphatic rings. The second-order valence-corrected chi connectivity index (χ2v) is 12.0. The molecule has 1 heterocycles. The molecule has 1 amide bonds. The number of rotatable bonds is 8. The number of alkyl carbamates (subject to hydrolysis) is 1. The summed E-state index contributed by atoms with van der Waals surface area (Å²) in [5.74, 6) is -0.795. The molecule has 0 aromatic heterocycles. The van der Waals surface area contributed by atoms with Crippen molar-refractivity contribution < 1.29 is 28.5 Å². The fraction of sp³-hybridized carbons (Fsp3) is 0.286. The van der Waals surface area contributed by atoms with Gasteiger partial charge in [0.25, 0.3) is 0 Å². The smallest absolute Gasteiger partial charge is 0.449 e. The number of benzene rings is 3. The average Bonchev–Trinajstić information content (AvgIpc) is 3.21. The van der Waals surface area contributed by atoms with Gasteiger partial charge in [-0.05, 0) is 62.7 Å². The van der Waals surface area contributed by atoms with E-state index < -0.39 is 31.4 Å². The number of hydrogen-bond donors (Lipinski definition) is 2. The van der Waals surface area contributed by atoms with E-state index in [0.717, 1.165) is 11.4 Å². The van der Waals surface area contributed by atoms with Gasteiger partial charge in [-0.2, -0.15) is 0 Å². The van der Waals surface area contributed by atoms with Gasteiger partial charge in [0.1, 0.15) is 17.4 Å². The lowest BCUT2D eigenvalue weighted by atomic mass is 10.1. The average molecular weight is 538 g/mol. The number of carboxylic acid groups (broad SMARTS) is 1. The van der Waals surface area contributed by atoms with Crippen LogP contribution in [0.3, 0.4) is 0 Å². The molecule has 0 radical (unpaired) electrons. The Labute approximate surface area is 222 Å². The predicted octanol–water partition coefficient (Wildman–Crippen LogP) is 5.72. The molecular formula is C28H32N3O6P. The van der Waals surface area contributed by atoms with Crippen LogP contribution in [0, 0.1) is 0 Å². The third-order valence-electron chi connectivity index (χ3n) is 5.82. The zero-order valence-corrected chi connectivity index (χ0v) is 22.5. The minimum atomic E-state index is -3.55. The second kappa shape index (κ2) is 11.2. The van der Waals surface area contributed by atoms with Crippen molar-refractivity contribution in [3.05, 3.63) is 90.5 Å². The first-order valence-corrected chi connectivity index (χ1v) is 13.9. The molecule has 3 aromatic rings. The van der Waals surface area contributed by atoms with Gasteiger partial charge in [0.15, 0.2) is 0 Å². The molecule has 0 unspecified atom stereocenters. The number of carbonyl (C=O) groups is 2. The first kappa shape index (κ1) is 27.1. The first-order valence-electron chi connectivity index (χ1n) is 12.3. The predicted molar refractivity (Wildman–Crippen MR) is 147 cm³/mol. The minimum absolute atomic E-state index is 0.0405. The SMILES string of the molecule is CC(C)(C)OC(=O)N[C@@H](Cc1ccc(OP2(=O)N(c3ccccc3)CCN2c2ccccc2)cc1)C(=O)O. The van der Waals surface area contributed by atoms with Gasteiger partial charge in [-0.3, -0.25) is 9.34 Å². The van der Waals surface area contributed by atoms with Gasteiger partial charge >= 0.3 is 19.7 Å². The summed E-state index contributed by atoms with van der Waals surface area (Å²) in [6, 6.07) is 24.5. The third kappa shape index (κ3) is 6.47. The fourth-order valence-corrected chi connectivity index (χ4v) is 6.52. The lowest BCUT2D eigenvalue weighted by molar-refractivity contribution is -0.139. The van der Waals surface area contributed by atoms with Gasteiger partial charge in [-0.1, -0.05) is 48.5 Å². The van der Waals surface area contributed by atoms with Crippen LogP contribution < -0.4 is 19.2 Å². The molecule has 38 heavy (non-hydrogen) atoms. The van der Waals surface area contributed by atoms with Crippen molar-refractivity contribution in [2.24, 2.45) is 0 Å². The molecular weight excluding hydrogens is 505 g/mol. The summed E-state index contributed by atoms with van der Waals surface area (Å²) in [6.07, 6.45) is -0.759. The summed E-state index contributed by atoms with van der Waals surface area (Å²) in [6.45, 7) is 6.15. The van der Waals surface area contributed by atoms with E-state index >= 15 is 0 Å². The molecule has 1 saturated heterocycles. The Bertz CT molecular complexity index is 1240. The van der Waals surface area contributed by atoms with Crippen LogP contribution >= 0.6 is 7.67 Å². The van der Waals surface area contributed by atoms with E-state index in [1.165, 1.54) is 0 Å². The van der Waals surface area contributed by atoms with Gasteiger partial charge < -0.3 is 19.7 Å². The maximum absolute atomic E-state index is 14.5. The number of hydrogen-bond acceptors (Lipinski definition) is 5. The highest BCUT2D eigenvalue weighted by Gasteiger charge is 2.46. The van der Waals surface area contributed by atoms with Crippen molar-refractivity contribution in [3.8, 4) is 5.75 Å². The zero-order valence-electron chi connectivity index (χ0n) is 21.6. The summed E-state index contributed by atoms with van der Waals surface area (Å²) in [4.78, 5) is 23.8. The van der Waals surface area contributed by atoms with E-state index in [0.29, 0.717) is 24.4 Å². The van der Waals surface area contributed by atoms with Crippen molar-refractivity contribution in [2.45, 2.75) is 38.8 Å². The van der Waals surface area contributed by atoms with E-state index in [9.17, 15) is 19.3 Å². The normalized spacial score (nSPS) is 15.6. The molecule has 1 fully saturated rings. The molecule has 0 aliphatic carbocycles. The number of carbonyl (C=O) groups excluding carboxylic acids is 1. The van der Waals surface area contributed by atoms with Crippen molar-refractivity contribution in [2.75, 3.05) is 22.4 Å². The standard InChI is InChI=1S/C28H32N3O6P/c1-28(2,3)36-27(34)29-25(26(32)33)20-21-14-16-24(17-15-21)37-38(35)30(22-10-6-4-7-11-22)18-19-31(38)23-12-8-5-9-13-23/h4-17,25H,18-20H2,1-3H3,(H,29,34)(H,32,33)/t25-/m0/s1. The van der Waals surface area contributed by atoms with Crippen LogP contribution in [0.5, 0.6) is 5.75 Å². The zero-order chi connectivity index (χ0) is 27.3. The number of carboxylic acids is 1. The molecule has 1 aliphatic heterocycles. The van der Waals surface area contributed by atoms with E-state index in [-0.39, 0.29) is 6.42 Å². The molecule has 3 aromatic carbocycles. The molecule has 10 heteroatoms. The Morgan fingerprint density at radius 2 is 1.39 bits per heavy atom. The molecule has 2 N–H and O–H groups in total. The van der Waals surface area contributed by atoms with E-state index in [1.807, 2.05) is 60.7 Å². The molecule has 0 spiro atoms. The topological polar surface area (TPSA) is 108 Å². The molecule has 1 atom stereocenters. The number of amides is 1. The summed E-state index contributed by atoms with van der Waals surface area (Å²) in [7, 11) is -3.55. The van der Waals surface area contributed by atoms with Gasteiger partial charge in [0.05, 0.1) is 0 Å². The number of para-hydroxylation sites is 2. The fourth-order valence-electron chi connectivity index (χ4n) is 4.13.